The number of piperazine rings is 1. The Kier molecular flexibility index (Phi) is 5.72. The molecule has 1 atom stereocenters. The van der Waals surface area contributed by atoms with Crippen LogP contribution in [0.25, 0.3) is 0 Å². The first-order valence-electron chi connectivity index (χ1n) is 8.48. The Hall–Kier alpha value is -1.79. The third-order valence-corrected chi connectivity index (χ3v) is 5.24. The molecule has 1 fully saturated rings. The fraction of sp³-hybridized carbons (Fsp3) is 0.611. The van der Waals surface area contributed by atoms with Crippen LogP contribution in [0.5, 0.6) is 11.5 Å². The Labute approximate surface area is 144 Å². The van der Waals surface area contributed by atoms with Crippen LogP contribution in [-0.2, 0) is 11.3 Å². The Morgan fingerprint density at radius 1 is 1.17 bits per heavy atom. The van der Waals surface area contributed by atoms with Crippen LogP contribution in [0.1, 0.15) is 25.8 Å². The maximum Gasteiger partial charge on any atom is 0.242 e. The number of benzene rings is 1. The molecule has 1 amide bonds. The van der Waals surface area contributed by atoms with Crippen molar-refractivity contribution < 1.29 is 15.0 Å². The summed E-state index contributed by atoms with van der Waals surface area (Å²) in [4.78, 5) is 19.1. The fourth-order valence-electron chi connectivity index (χ4n) is 3.03. The van der Waals surface area contributed by atoms with E-state index in [1.165, 1.54) is 6.07 Å². The van der Waals surface area contributed by atoms with E-state index in [4.69, 9.17) is 0 Å². The normalized spacial score (nSPS) is 18.6. The molecule has 1 aromatic carbocycles. The molecule has 1 unspecified atom stereocenters. The minimum absolute atomic E-state index is 0.0917. The predicted molar refractivity (Wildman–Crippen MR) is 94.0 cm³/mol. The number of hydrogen-bond donors (Lipinski definition) is 2. The van der Waals surface area contributed by atoms with Crippen molar-refractivity contribution in [2.45, 2.75) is 32.4 Å². The first-order chi connectivity index (χ1) is 11.3. The smallest absolute Gasteiger partial charge is 0.242 e. The first-order valence-corrected chi connectivity index (χ1v) is 8.48. The highest BCUT2D eigenvalue weighted by Gasteiger charge is 2.38. The summed E-state index contributed by atoms with van der Waals surface area (Å²) < 4.78 is 0. The molecule has 2 N–H and O–H groups in total. The van der Waals surface area contributed by atoms with E-state index in [0.29, 0.717) is 19.6 Å². The van der Waals surface area contributed by atoms with Gasteiger partial charge in [0.2, 0.25) is 5.91 Å². The van der Waals surface area contributed by atoms with E-state index in [1.807, 2.05) is 43.8 Å². The summed E-state index contributed by atoms with van der Waals surface area (Å²) in [7, 11) is 3.91. The van der Waals surface area contributed by atoms with Crippen molar-refractivity contribution in [3.05, 3.63) is 23.8 Å². The highest BCUT2D eigenvalue weighted by Crippen LogP contribution is 2.26. The van der Waals surface area contributed by atoms with Crippen molar-refractivity contribution in [1.29, 1.82) is 0 Å². The van der Waals surface area contributed by atoms with E-state index in [2.05, 4.69) is 4.90 Å². The highest BCUT2D eigenvalue weighted by molar-refractivity contribution is 5.86. The SMILES string of the molecule is CCC(C)(C(=O)N1CCN(Cc2ccc(O)c(O)c2)CC1)N(C)C. The highest BCUT2D eigenvalue weighted by atomic mass is 16.3. The molecule has 1 saturated heterocycles. The topological polar surface area (TPSA) is 67.2 Å². The van der Waals surface area contributed by atoms with Gasteiger partial charge in [0.25, 0.3) is 0 Å². The third kappa shape index (κ3) is 3.82. The van der Waals surface area contributed by atoms with Crippen molar-refractivity contribution in [3.8, 4) is 11.5 Å². The zero-order chi connectivity index (χ0) is 17.9. The number of carbonyl (C=O) groups excluding carboxylic acids is 1. The maximum atomic E-state index is 12.8. The summed E-state index contributed by atoms with van der Waals surface area (Å²) in [6, 6.07) is 4.91. The molecule has 0 spiro atoms. The fourth-order valence-corrected chi connectivity index (χ4v) is 3.03. The molecule has 2 rings (SSSR count). The summed E-state index contributed by atoms with van der Waals surface area (Å²) in [5, 5.41) is 19.0. The summed E-state index contributed by atoms with van der Waals surface area (Å²) >= 11 is 0. The van der Waals surface area contributed by atoms with Crippen LogP contribution in [0.2, 0.25) is 0 Å². The molecule has 0 saturated carbocycles. The van der Waals surface area contributed by atoms with Crippen molar-refractivity contribution in [2.75, 3.05) is 40.3 Å². The summed E-state index contributed by atoms with van der Waals surface area (Å²) in [5.74, 6) is -0.000334. The molecule has 0 aliphatic carbocycles. The van der Waals surface area contributed by atoms with Gasteiger partial charge in [-0.15, -0.1) is 0 Å². The van der Waals surface area contributed by atoms with Crippen molar-refractivity contribution in [2.24, 2.45) is 0 Å². The van der Waals surface area contributed by atoms with Crippen molar-refractivity contribution >= 4 is 5.91 Å². The van der Waals surface area contributed by atoms with Crippen LogP contribution in [0, 0.1) is 0 Å². The summed E-state index contributed by atoms with van der Waals surface area (Å²) in [5.41, 5.74) is 0.502. The maximum absolute atomic E-state index is 12.8. The molecule has 0 aromatic heterocycles. The third-order valence-electron chi connectivity index (χ3n) is 5.24. The number of phenols is 2. The molecule has 6 heteroatoms. The van der Waals surface area contributed by atoms with E-state index < -0.39 is 5.54 Å². The van der Waals surface area contributed by atoms with E-state index in [9.17, 15) is 15.0 Å². The van der Waals surface area contributed by atoms with Crippen molar-refractivity contribution in [1.82, 2.24) is 14.7 Å². The average molecular weight is 335 g/mol. The largest absolute Gasteiger partial charge is 0.504 e. The predicted octanol–water partition coefficient (Wildman–Crippen LogP) is 1.47. The number of aromatic hydroxyl groups is 2. The van der Waals surface area contributed by atoms with E-state index in [-0.39, 0.29) is 17.4 Å². The van der Waals surface area contributed by atoms with E-state index in [1.54, 1.807) is 6.07 Å². The molecular weight excluding hydrogens is 306 g/mol. The van der Waals surface area contributed by atoms with Gasteiger partial charge in [0.15, 0.2) is 11.5 Å². The molecule has 0 bridgehead atoms. The Morgan fingerprint density at radius 2 is 1.79 bits per heavy atom. The lowest BCUT2D eigenvalue weighted by atomic mass is 9.95. The van der Waals surface area contributed by atoms with Gasteiger partial charge in [0.1, 0.15) is 0 Å². The quantitative estimate of drug-likeness (QED) is 0.798. The number of hydrogen-bond acceptors (Lipinski definition) is 5. The van der Waals surface area contributed by atoms with Gasteiger partial charge in [-0.2, -0.15) is 0 Å². The van der Waals surface area contributed by atoms with E-state index >= 15 is 0 Å². The van der Waals surface area contributed by atoms with Crippen molar-refractivity contribution in [3.63, 3.8) is 0 Å². The molecule has 1 heterocycles. The lowest BCUT2D eigenvalue weighted by Gasteiger charge is -2.42. The lowest BCUT2D eigenvalue weighted by molar-refractivity contribution is -0.144. The van der Waals surface area contributed by atoms with Gasteiger partial charge in [-0.1, -0.05) is 13.0 Å². The number of rotatable bonds is 5. The summed E-state index contributed by atoms with van der Waals surface area (Å²) in [6.45, 7) is 7.79. The minimum Gasteiger partial charge on any atom is -0.504 e. The second-order valence-corrected chi connectivity index (χ2v) is 6.91. The molecule has 6 nitrogen and oxygen atoms in total. The van der Waals surface area contributed by atoms with E-state index in [0.717, 1.165) is 25.1 Å². The van der Waals surface area contributed by atoms with Crippen LogP contribution < -0.4 is 0 Å². The standard InChI is InChI=1S/C18H29N3O3/c1-5-18(2,19(3)4)17(24)21-10-8-20(9-11-21)13-14-6-7-15(22)16(23)12-14/h6-7,12,22-23H,5,8-11,13H2,1-4H3. The molecular formula is C18H29N3O3. The molecule has 1 aromatic rings. The van der Waals surface area contributed by atoms with Gasteiger partial charge < -0.3 is 15.1 Å². The molecule has 1 aliphatic rings. The van der Waals surface area contributed by atoms with Gasteiger partial charge in [-0.05, 0) is 45.1 Å². The van der Waals surface area contributed by atoms with Gasteiger partial charge in [0.05, 0.1) is 5.54 Å². The lowest BCUT2D eigenvalue weighted by Crippen LogP contribution is -2.59. The van der Waals surface area contributed by atoms with Crippen LogP contribution in [-0.4, -0.2) is 76.6 Å². The van der Waals surface area contributed by atoms with Crippen LogP contribution in [0.3, 0.4) is 0 Å². The monoisotopic (exact) mass is 335 g/mol. The van der Waals surface area contributed by atoms with Crippen LogP contribution in [0.4, 0.5) is 0 Å². The van der Waals surface area contributed by atoms with Gasteiger partial charge in [0, 0.05) is 32.7 Å². The zero-order valence-electron chi connectivity index (χ0n) is 15.1. The van der Waals surface area contributed by atoms with Crippen LogP contribution in [0.15, 0.2) is 18.2 Å². The minimum atomic E-state index is -0.453. The molecule has 24 heavy (non-hydrogen) atoms. The second kappa shape index (κ2) is 7.40. The zero-order valence-corrected chi connectivity index (χ0v) is 15.1. The number of amides is 1. The average Bonchev–Trinajstić information content (AvgIpc) is 2.57. The van der Waals surface area contributed by atoms with Gasteiger partial charge in [-0.25, -0.2) is 0 Å². The van der Waals surface area contributed by atoms with Crippen LogP contribution >= 0.6 is 0 Å². The number of nitrogens with zero attached hydrogens (tertiary/aromatic N) is 3. The number of carbonyl (C=O) groups is 1. The number of phenolic OH excluding ortho intramolecular Hbond substituents is 2. The van der Waals surface area contributed by atoms with Gasteiger partial charge >= 0.3 is 0 Å². The Bertz CT molecular complexity index is 583. The first kappa shape index (κ1) is 18.5. The second-order valence-electron chi connectivity index (χ2n) is 6.91. The molecule has 1 aliphatic heterocycles. The molecule has 0 radical (unpaired) electrons. The molecule has 134 valence electrons. The Balaban J connectivity index is 1.93. The number of likely N-dealkylation sites (N-methyl/N-ethyl adjacent to an activating group) is 1. The van der Waals surface area contributed by atoms with Gasteiger partial charge in [-0.3, -0.25) is 14.6 Å². The summed E-state index contributed by atoms with van der Waals surface area (Å²) in [6.07, 6.45) is 0.784. The Morgan fingerprint density at radius 3 is 2.29 bits per heavy atom.